The summed E-state index contributed by atoms with van der Waals surface area (Å²) in [6, 6.07) is 4.94. The Bertz CT molecular complexity index is 1110. The Kier molecular flexibility index (Phi) is 4.44. The number of nitrogen functional groups attached to an aromatic ring is 1. The number of pyridine rings is 2. The monoisotopic (exact) mass is 430 g/mol. The summed E-state index contributed by atoms with van der Waals surface area (Å²) in [5, 5.41) is 14.1. The number of aliphatic hydroxyl groups is 1. The summed E-state index contributed by atoms with van der Waals surface area (Å²) in [7, 11) is 0. The highest BCUT2D eigenvalue weighted by Crippen LogP contribution is 2.57. The maximum absolute atomic E-state index is 13.0. The van der Waals surface area contributed by atoms with Gasteiger partial charge in [0.05, 0.1) is 11.3 Å². The predicted octanol–water partition coefficient (Wildman–Crippen LogP) is 4.01. The van der Waals surface area contributed by atoms with Crippen LogP contribution < -0.4 is 11.1 Å². The summed E-state index contributed by atoms with van der Waals surface area (Å²) in [6.07, 6.45) is 3.91. The van der Waals surface area contributed by atoms with Gasteiger partial charge >= 0.3 is 6.18 Å². The van der Waals surface area contributed by atoms with Gasteiger partial charge in [-0.25, -0.2) is 15.0 Å². The lowest BCUT2D eigenvalue weighted by Gasteiger charge is -2.26. The van der Waals surface area contributed by atoms with Gasteiger partial charge in [0, 0.05) is 30.2 Å². The first-order valence-corrected chi connectivity index (χ1v) is 10.1. The van der Waals surface area contributed by atoms with E-state index in [-0.39, 0.29) is 23.5 Å². The summed E-state index contributed by atoms with van der Waals surface area (Å²) in [4.78, 5) is 12.8. The van der Waals surface area contributed by atoms with Crippen LogP contribution in [0.25, 0.3) is 5.82 Å². The highest BCUT2D eigenvalue weighted by Gasteiger charge is 2.55. The lowest BCUT2D eigenvalue weighted by molar-refractivity contribution is -0.137. The molecular weight excluding hydrogens is 409 g/mol. The van der Waals surface area contributed by atoms with Gasteiger partial charge in [0.15, 0.2) is 0 Å². The fraction of sp³-hybridized carbons (Fsp3) is 0.381. The zero-order valence-corrected chi connectivity index (χ0v) is 16.5. The number of imidazole rings is 1. The van der Waals surface area contributed by atoms with Crippen LogP contribution in [0.2, 0.25) is 0 Å². The highest BCUT2D eigenvalue weighted by atomic mass is 19.4. The van der Waals surface area contributed by atoms with Gasteiger partial charge in [0.2, 0.25) is 0 Å². The first kappa shape index (κ1) is 19.8. The first-order valence-electron chi connectivity index (χ1n) is 10.1. The van der Waals surface area contributed by atoms with Crippen LogP contribution in [0.1, 0.15) is 36.9 Å². The molecule has 3 aromatic heterocycles. The number of hydrogen-bond donors (Lipinski definition) is 3. The number of anilines is 3. The molecule has 2 aliphatic rings. The SMILES string of the molecule is Nc1cc(Nc2cc(C(F)(F)F)ccn2)nc(-n2cnc(C(O)(C3CC3)C3CC3)c2)c1. The number of alkyl halides is 3. The molecular formula is C21H21F3N6O. The molecule has 31 heavy (non-hydrogen) atoms. The number of nitrogens with two attached hydrogens (primary N) is 1. The van der Waals surface area contributed by atoms with Crippen molar-refractivity contribution in [2.75, 3.05) is 11.1 Å². The van der Waals surface area contributed by atoms with Crippen LogP contribution in [0.3, 0.4) is 0 Å². The van der Waals surface area contributed by atoms with Crippen LogP contribution in [-0.2, 0) is 11.8 Å². The molecule has 2 fully saturated rings. The molecule has 0 atom stereocenters. The molecule has 0 amide bonds. The van der Waals surface area contributed by atoms with Crippen molar-refractivity contribution < 1.29 is 18.3 Å². The molecule has 7 nitrogen and oxygen atoms in total. The predicted molar refractivity (Wildman–Crippen MR) is 108 cm³/mol. The topological polar surface area (TPSA) is 102 Å². The first-order chi connectivity index (χ1) is 14.7. The third-order valence-corrected chi connectivity index (χ3v) is 5.83. The van der Waals surface area contributed by atoms with Crippen LogP contribution >= 0.6 is 0 Å². The fourth-order valence-electron chi connectivity index (χ4n) is 3.99. The third-order valence-electron chi connectivity index (χ3n) is 5.83. The van der Waals surface area contributed by atoms with E-state index in [1.165, 1.54) is 6.07 Å². The number of aromatic nitrogens is 4. The minimum atomic E-state index is -4.47. The maximum atomic E-state index is 13.0. The molecule has 10 heteroatoms. The summed E-state index contributed by atoms with van der Waals surface area (Å²) < 4.78 is 40.5. The third kappa shape index (κ3) is 3.83. The second-order valence-electron chi connectivity index (χ2n) is 8.24. The Labute approximate surface area is 176 Å². The molecule has 3 heterocycles. The molecule has 0 unspecified atom stereocenters. The summed E-state index contributed by atoms with van der Waals surface area (Å²) >= 11 is 0. The maximum Gasteiger partial charge on any atom is 0.416 e. The molecule has 3 aromatic rings. The number of halogens is 3. The van der Waals surface area contributed by atoms with Gasteiger partial charge in [-0.1, -0.05) is 0 Å². The second kappa shape index (κ2) is 6.94. The van der Waals surface area contributed by atoms with Crippen molar-refractivity contribution in [1.82, 2.24) is 19.5 Å². The van der Waals surface area contributed by atoms with E-state index in [1.54, 1.807) is 23.2 Å². The molecule has 5 rings (SSSR count). The Morgan fingerprint density at radius 1 is 1.03 bits per heavy atom. The van der Waals surface area contributed by atoms with Crippen molar-refractivity contribution >= 4 is 17.3 Å². The molecule has 0 bridgehead atoms. The molecule has 2 aliphatic carbocycles. The second-order valence-corrected chi connectivity index (χ2v) is 8.24. The minimum absolute atomic E-state index is 0.00189. The minimum Gasteiger partial charge on any atom is -0.399 e. The van der Waals surface area contributed by atoms with E-state index < -0.39 is 17.3 Å². The van der Waals surface area contributed by atoms with Crippen molar-refractivity contribution in [3.63, 3.8) is 0 Å². The van der Waals surface area contributed by atoms with E-state index in [9.17, 15) is 18.3 Å². The van der Waals surface area contributed by atoms with Gasteiger partial charge in [-0.2, -0.15) is 13.2 Å². The van der Waals surface area contributed by atoms with Crippen LogP contribution in [0.4, 0.5) is 30.5 Å². The summed E-state index contributed by atoms with van der Waals surface area (Å²) in [6.45, 7) is 0. The molecule has 4 N–H and O–H groups in total. The summed E-state index contributed by atoms with van der Waals surface area (Å²) in [5.41, 5.74) is 5.27. The number of rotatable bonds is 6. The average molecular weight is 430 g/mol. The average Bonchev–Trinajstić information content (AvgIpc) is 3.64. The van der Waals surface area contributed by atoms with E-state index in [0.717, 1.165) is 44.0 Å². The quantitative estimate of drug-likeness (QED) is 0.546. The molecule has 0 aliphatic heterocycles. The molecule has 162 valence electrons. The molecule has 0 aromatic carbocycles. The van der Waals surface area contributed by atoms with Gasteiger partial charge in [-0.05, 0) is 49.7 Å². The lowest BCUT2D eigenvalue weighted by Crippen LogP contribution is -2.31. The van der Waals surface area contributed by atoms with Gasteiger partial charge in [-0.3, -0.25) is 4.57 Å². The highest BCUT2D eigenvalue weighted by molar-refractivity contribution is 5.60. The lowest BCUT2D eigenvalue weighted by atomic mass is 9.89. The van der Waals surface area contributed by atoms with E-state index in [4.69, 9.17) is 5.73 Å². The zero-order valence-electron chi connectivity index (χ0n) is 16.5. The van der Waals surface area contributed by atoms with Gasteiger partial charge in [0.1, 0.15) is 29.4 Å². The number of nitrogens with one attached hydrogen (secondary N) is 1. The number of nitrogens with zero attached hydrogens (tertiary/aromatic N) is 4. The molecule has 0 saturated heterocycles. The number of hydrogen-bond acceptors (Lipinski definition) is 6. The van der Waals surface area contributed by atoms with E-state index in [0.29, 0.717) is 17.2 Å². The van der Waals surface area contributed by atoms with Crippen LogP contribution in [0.15, 0.2) is 43.0 Å². The van der Waals surface area contributed by atoms with Gasteiger partial charge < -0.3 is 16.2 Å². The Balaban J connectivity index is 1.43. The van der Waals surface area contributed by atoms with E-state index in [1.807, 2.05) is 0 Å². The van der Waals surface area contributed by atoms with Crippen molar-refractivity contribution in [3.05, 3.63) is 54.2 Å². The molecule has 2 saturated carbocycles. The molecule has 0 spiro atoms. The molecule has 0 radical (unpaired) electrons. The smallest absolute Gasteiger partial charge is 0.399 e. The van der Waals surface area contributed by atoms with Crippen LogP contribution in [0.5, 0.6) is 0 Å². The van der Waals surface area contributed by atoms with Crippen LogP contribution in [0, 0.1) is 11.8 Å². The van der Waals surface area contributed by atoms with Gasteiger partial charge in [-0.15, -0.1) is 0 Å². The Morgan fingerprint density at radius 2 is 1.74 bits per heavy atom. The fourth-order valence-corrected chi connectivity index (χ4v) is 3.99. The van der Waals surface area contributed by atoms with Gasteiger partial charge in [0.25, 0.3) is 0 Å². The largest absolute Gasteiger partial charge is 0.416 e. The van der Waals surface area contributed by atoms with E-state index >= 15 is 0 Å². The Morgan fingerprint density at radius 3 is 2.39 bits per heavy atom. The van der Waals surface area contributed by atoms with Crippen LogP contribution in [-0.4, -0.2) is 24.6 Å². The normalized spacial score (nSPS) is 17.0. The summed E-state index contributed by atoms with van der Waals surface area (Å²) in [5.74, 6) is 1.16. The Hall–Kier alpha value is -3.14. The van der Waals surface area contributed by atoms with Crippen molar-refractivity contribution in [1.29, 1.82) is 0 Å². The van der Waals surface area contributed by atoms with Crippen molar-refractivity contribution in [2.24, 2.45) is 11.8 Å². The van der Waals surface area contributed by atoms with Crippen molar-refractivity contribution in [3.8, 4) is 5.82 Å². The van der Waals surface area contributed by atoms with E-state index in [2.05, 4.69) is 20.3 Å². The zero-order chi connectivity index (χ0) is 21.8. The van der Waals surface area contributed by atoms with Crippen molar-refractivity contribution in [2.45, 2.75) is 37.5 Å². The standard InChI is InChI=1S/C21H21F3N6O/c22-21(23,24)14-5-6-26-17(7-14)28-18-8-15(25)9-19(29-18)30-10-16(27-11-30)20(31,12-1-2-12)13-3-4-13/h5-13,31H,1-4H2,(H3,25,26,28,29).